The number of rotatable bonds is 31. The maximum Gasteiger partial charge on any atom is 0.411 e. The molecule has 9 rings (SSSR count). The first-order valence-electron chi connectivity index (χ1n) is 31.9. The van der Waals surface area contributed by atoms with E-state index in [2.05, 4.69) is 26.3 Å². The average molecular weight is 1320 g/mol. The number of aliphatic hydroxyl groups is 1. The summed E-state index contributed by atoms with van der Waals surface area (Å²) in [5.74, 6) is -5.90. The molecule has 0 bridgehead atoms. The number of pyridine rings is 1. The van der Waals surface area contributed by atoms with Gasteiger partial charge >= 0.3 is 18.0 Å². The van der Waals surface area contributed by atoms with Crippen molar-refractivity contribution >= 4 is 85.6 Å². The van der Waals surface area contributed by atoms with Gasteiger partial charge in [-0.15, -0.1) is 5.10 Å². The van der Waals surface area contributed by atoms with Crippen LogP contribution in [0.4, 0.5) is 9.18 Å². The van der Waals surface area contributed by atoms with E-state index in [0.717, 1.165) is 16.7 Å². The number of sulfone groups is 1. The molecule has 26 nitrogen and oxygen atoms in total. The van der Waals surface area contributed by atoms with Crippen LogP contribution in [0.25, 0.3) is 16.6 Å². The number of cyclic esters (lactones) is 2. The first-order chi connectivity index (χ1) is 44.6. The standard InChI is InChI=1S/C66H81FN10O16S/c1-8-66(88)49-28-53-60-48(33-75(53)32-47(49)63(85)93-64(66)86)59-51(20-19-45-39(5)50(67)29-52(71-60)58(45)59)70-56(81)35-91-36-74(23-24-94(7,89)90)65(87)92-34-42-17-15-41(16-18-42)26-54(79)40(6)69-61(83)46(37(2)3)27-44(78)13-12-21-76-31-43(72-73-76)30-68-55(80)14-10-9-11-22-77-57(82)25-38(4)62(77)84/h15-18,28-29,31,37-38,40,46,51,88H,8-14,19-27,30,32-36H2,1-7H3,(H,68,80)(H,69,83)(H,70,81)/t38?,40-,46-,51-,66-/m0/s1. The number of imide groups is 1. The number of aromatic nitrogens is 4. The molecule has 2 aromatic carbocycles. The Morgan fingerprint density at radius 3 is 2.40 bits per heavy atom. The Bertz CT molecular complexity index is 3870. The number of carbonyl (C=O) groups excluding carboxylic acids is 10. The van der Waals surface area contributed by atoms with Crippen LogP contribution in [0, 0.1) is 30.5 Å². The number of amides is 6. The van der Waals surface area contributed by atoms with Gasteiger partial charge in [-0.05, 0) is 92.2 Å². The molecule has 5 aliphatic rings. The van der Waals surface area contributed by atoms with Gasteiger partial charge in [0.05, 0.1) is 59.6 Å². The minimum Gasteiger partial charge on any atom is -0.444 e. The van der Waals surface area contributed by atoms with Gasteiger partial charge in [-0.1, -0.05) is 63.6 Å². The van der Waals surface area contributed by atoms with Crippen LogP contribution in [0.3, 0.4) is 0 Å². The Hall–Kier alpha value is -8.63. The summed E-state index contributed by atoms with van der Waals surface area (Å²) in [6, 6.07) is 6.43. The number of nitrogens with one attached hydrogen (secondary N) is 3. The normalized spacial score (nSPS) is 18.9. The number of Topliss-reactive ketones (excluding diaryl/α,β-unsaturated/α-hetero) is 2. The lowest BCUT2D eigenvalue weighted by Crippen LogP contribution is -2.49. The van der Waals surface area contributed by atoms with Gasteiger partial charge < -0.3 is 40.2 Å². The molecule has 2 aromatic heterocycles. The largest absolute Gasteiger partial charge is 0.444 e. The Labute approximate surface area is 543 Å². The molecule has 1 fully saturated rings. The van der Waals surface area contributed by atoms with Crippen LogP contribution < -0.4 is 16.0 Å². The summed E-state index contributed by atoms with van der Waals surface area (Å²) in [7, 11) is -3.58. The fraction of sp³-hybridized carbons (Fsp3) is 0.530. The molecule has 4 aliphatic heterocycles. The zero-order valence-corrected chi connectivity index (χ0v) is 54.8. The van der Waals surface area contributed by atoms with Crippen molar-refractivity contribution in [3.8, 4) is 0 Å². The van der Waals surface area contributed by atoms with Crippen LogP contribution in [0.15, 0.2) is 53.8 Å². The molecule has 1 saturated heterocycles. The van der Waals surface area contributed by atoms with Gasteiger partial charge in [-0.25, -0.2) is 32.2 Å². The number of hydrogen-bond donors (Lipinski definition) is 4. The van der Waals surface area contributed by atoms with E-state index in [1.165, 1.54) is 11.0 Å². The van der Waals surface area contributed by atoms with Gasteiger partial charge in [0.15, 0.2) is 11.4 Å². The quantitative estimate of drug-likeness (QED) is 0.0175. The number of carbonyl (C=O) groups is 10. The van der Waals surface area contributed by atoms with Crippen molar-refractivity contribution in [1.29, 1.82) is 0 Å². The smallest absolute Gasteiger partial charge is 0.411 e. The van der Waals surface area contributed by atoms with Gasteiger partial charge in [0, 0.05) is 99.0 Å². The van der Waals surface area contributed by atoms with Crippen LogP contribution >= 0.6 is 0 Å². The lowest BCUT2D eigenvalue weighted by molar-refractivity contribution is -0.172. The molecule has 0 spiro atoms. The monoisotopic (exact) mass is 1320 g/mol. The predicted octanol–water partition coefficient (Wildman–Crippen LogP) is 4.63. The van der Waals surface area contributed by atoms with E-state index in [4.69, 9.17) is 19.2 Å². The van der Waals surface area contributed by atoms with Crippen molar-refractivity contribution < 1.29 is 80.1 Å². The number of nitrogens with zero attached hydrogens (tertiary/aromatic N) is 7. The van der Waals surface area contributed by atoms with E-state index in [9.17, 15) is 61.5 Å². The van der Waals surface area contributed by atoms with E-state index in [0.29, 0.717) is 107 Å². The van der Waals surface area contributed by atoms with Crippen molar-refractivity contribution in [2.24, 2.45) is 17.8 Å². The third-order valence-electron chi connectivity index (χ3n) is 18.0. The minimum absolute atomic E-state index is 0.00762. The number of unbranched alkanes of at least 4 members (excludes halogenated alkanes) is 2. The van der Waals surface area contributed by atoms with Crippen LogP contribution in [0.1, 0.15) is 150 Å². The van der Waals surface area contributed by atoms with Crippen molar-refractivity contribution in [2.75, 3.05) is 45.0 Å². The highest BCUT2D eigenvalue weighted by molar-refractivity contribution is 7.90. The molecule has 94 heavy (non-hydrogen) atoms. The molecule has 1 unspecified atom stereocenters. The first kappa shape index (κ1) is 69.7. The zero-order chi connectivity index (χ0) is 67.9. The van der Waals surface area contributed by atoms with Crippen LogP contribution in [0.5, 0.6) is 0 Å². The molecule has 6 heterocycles. The van der Waals surface area contributed by atoms with Gasteiger partial charge in [0.2, 0.25) is 29.5 Å². The summed E-state index contributed by atoms with van der Waals surface area (Å²) in [5, 5.41) is 28.9. The summed E-state index contributed by atoms with van der Waals surface area (Å²) in [5.41, 5.74) is 3.67. The second-order valence-corrected chi connectivity index (χ2v) is 27.7. The second kappa shape index (κ2) is 29.8. The topological polar surface area (TPSA) is 342 Å². The Morgan fingerprint density at radius 2 is 1.70 bits per heavy atom. The maximum atomic E-state index is 15.5. The number of ether oxygens (including phenoxy) is 3. The molecule has 0 saturated carbocycles. The highest BCUT2D eigenvalue weighted by Crippen LogP contribution is 2.48. The lowest BCUT2D eigenvalue weighted by atomic mass is 9.81. The van der Waals surface area contributed by atoms with Crippen LogP contribution in [-0.4, -0.2) is 164 Å². The lowest BCUT2D eigenvalue weighted by Gasteiger charge is -2.36. The second-order valence-electron chi connectivity index (χ2n) is 25.4. The number of halogens is 1. The van der Waals surface area contributed by atoms with E-state index >= 15 is 4.39 Å². The van der Waals surface area contributed by atoms with Crippen molar-refractivity contribution in [3.05, 3.63) is 104 Å². The number of fused-ring (bicyclic) bond motifs is 4. The van der Waals surface area contributed by atoms with Gasteiger partial charge in [0.25, 0.3) is 0 Å². The summed E-state index contributed by atoms with van der Waals surface area (Å²) in [6.45, 7) is 9.72. The molecular formula is C66H81FN10O16S. The molecular weight excluding hydrogens is 1240 g/mol. The van der Waals surface area contributed by atoms with E-state index in [1.807, 2.05) is 18.7 Å². The SMILES string of the molecule is CC[C@@]1(O)C(=O)OC(=O)C2=C1C=C1c3nc4cc(F)c(C)c5c4c(c3CN1C2)[C@@H](NC(=O)COCN(CCS(C)(=O)=O)C(=O)OCc1ccc(CC(=O)[C@H](C)NC(=O)[C@@H](CC(=O)CCCn2cc(CNC(=O)CCCCCN3C(=O)CC(C)C3=O)nn2)C(C)C)cc1)CC5. The highest BCUT2D eigenvalue weighted by atomic mass is 32.2. The molecule has 0 radical (unpaired) electrons. The van der Waals surface area contributed by atoms with Gasteiger partial charge in [0.1, 0.15) is 47.1 Å². The summed E-state index contributed by atoms with van der Waals surface area (Å²) in [6.07, 6.45) is 7.00. The maximum absolute atomic E-state index is 15.5. The van der Waals surface area contributed by atoms with Crippen LogP contribution in [-0.2, 0) is 106 Å². The Morgan fingerprint density at radius 1 is 0.957 bits per heavy atom. The van der Waals surface area contributed by atoms with Gasteiger partial charge in [-0.2, -0.15) is 0 Å². The molecule has 4 aromatic rings. The van der Waals surface area contributed by atoms with E-state index in [1.54, 1.807) is 68.9 Å². The Balaban J connectivity index is 0.710. The molecule has 4 N–H and O–H groups in total. The highest BCUT2D eigenvalue weighted by Gasteiger charge is 2.51. The number of hydrogen-bond acceptors (Lipinski definition) is 20. The van der Waals surface area contributed by atoms with Gasteiger partial charge in [-0.3, -0.25) is 48.0 Å². The molecule has 504 valence electrons. The third-order valence-corrected chi connectivity index (χ3v) is 19.0. The molecule has 28 heteroatoms. The third kappa shape index (κ3) is 16.3. The number of benzene rings is 2. The fourth-order valence-electron chi connectivity index (χ4n) is 12.5. The van der Waals surface area contributed by atoms with E-state index < -0.39 is 88.2 Å². The van der Waals surface area contributed by atoms with Crippen molar-refractivity contribution in [1.82, 2.24) is 50.6 Å². The molecule has 1 aliphatic carbocycles. The van der Waals surface area contributed by atoms with Crippen LogP contribution in [0.2, 0.25) is 0 Å². The average Bonchev–Trinajstić information content (AvgIpc) is 1.59. The Kier molecular flexibility index (Phi) is 22.1. The number of ketones is 2. The molecule has 6 amide bonds. The summed E-state index contributed by atoms with van der Waals surface area (Å²) in [4.78, 5) is 139. The zero-order valence-electron chi connectivity index (χ0n) is 54.0. The summed E-state index contributed by atoms with van der Waals surface area (Å²) < 4.78 is 57.8. The molecule has 5 atom stereocenters. The van der Waals surface area contributed by atoms with Crippen molar-refractivity contribution in [3.63, 3.8) is 0 Å². The van der Waals surface area contributed by atoms with E-state index in [-0.39, 0.29) is 124 Å². The minimum atomic E-state index is -3.58. The first-order valence-corrected chi connectivity index (χ1v) is 33.9. The number of esters is 2. The summed E-state index contributed by atoms with van der Waals surface area (Å²) >= 11 is 0. The predicted molar refractivity (Wildman–Crippen MR) is 336 cm³/mol. The number of likely N-dealkylation sites (tertiary alicyclic amines) is 1. The fourth-order valence-corrected chi connectivity index (χ4v) is 13.0. The van der Waals surface area contributed by atoms with Crippen molar-refractivity contribution in [2.45, 2.75) is 163 Å². The number of aryl methyl sites for hydroxylation is 2.